The van der Waals surface area contributed by atoms with Gasteiger partial charge in [0.2, 0.25) is 0 Å². The van der Waals surface area contributed by atoms with Crippen LogP contribution in [0.5, 0.6) is 0 Å². The molecule has 0 amide bonds. The van der Waals surface area contributed by atoms with E-state index in [4.69, 9.17) is 0 Å². The molecule has 1 heteroatoms. The second kappa shape index (κ2) is 13.3. The summed E-state index contributed by atoms with van der Waals surface area (Å²) in [6.45, 7) is 9.50. The molecule has 0 spiro atoms. The van der Waals surface area contributed by atoms with Gasteiger partial charge in [-0.1, -0.05) is 205 Å². The van der Waals surface area contributed by atoms with Crippen molar-refractivity contribution >= 4 is 50.1 Å². The van der Waals surface area contributed by atoms with Gasteiger partial charge in [0.25, 0.3) is 0 Å². The van der Waals surface area contributed by atoms with Gasteiger partial charge in [0.15, 0.2) is 0 Å². The normalized spacial score (nSPS) is 14.6. The third-order valence-corrected chi connectivity index (χ3v) is 17.3. The predicted octanol–water partition coefficient (Wildman–Crippen LogP) is 17.9. The Morgan fingerprint density at radius 1 is 0.286 bits per heavy atom. The van der Waals surface area contributed by atoms with Gasteiger partial charge in [0.05, 0.1) is 0 Å². The Labute approximate surface area is 370 Å². The van der Waals surface area contributed by atoms with Gasteiger partial charge in [0.1, 0.15) is 0 Å². The number of rotatable bonds is 4. The lowest BCUT2D eigenvalue weighted by atomic mass is 9.80. The van der Waals surface area contributed by atoms with Crippen LogP contribution in [0.4, 0.5) is 0 Å². The summed E-state index contributed by atoms with van der Waals surface area (Å²) in [6.07, 6.45) is 0. The quantitative estimate of drug-likeness (QED) is 0.155. The van der Waals surface area contributed by atoms with Crippen molar-refractivity contribution in [1.29, 1.82) is 0 Å². The number of hydrogen-bond donors (Lipinski definition) is 0. The molecule has 0 nitrogen and oxygen atoms in total. The molecule has 63 heavy (non-hydrogen) atoms. The van der Waals surface area contributed by atoms with Gasteiger partial charge in [-0.05, 0) is 146 Å². The fourth-order valence-electron chi connectivity index (χ4n) is 11.7. The SMILES string of the molecule is CC1(C)c2ccccc2-c2cc(-c3c4ccccc4c(-c4ccc5c(c4)c4ccccc4p5-c4ccccc4)c4ccc(-c5ccc6c(c5)C(C)(C)c5ccccc5-6)cc34)ccc21. The van der Waals surface area contributed by atoms with Crippen LogP contribution in [0, 0.1) is 0 Å². The molecule has 1 atom stereocenters. The molecule has 0 bridgehead atoms. The first-order valence-electron chi connectivity index (χ1n) is 22.3. The highest BCUT2D eigenvalue weighted by Crippen LogP contribution is 2.57. The van der Waals surface area contributed by atoms with Crippen LogP contribution in [0.2, 0.25) is 0 Å². The molecule has 2 aliphatic carbocycles. The Balaban J connectivity index is 1.09. The maximum absolute atomic E-state index is 2.50. The van der Waals surface area contributed by atoms with Crippen molar-refractivity contribution in [2.75, 3.05) is 0 Å². The van der Waals surface area contributed by atoms with E-state index in [-0.39, 0.29) is 10.8 Å². The topological polar surface area (TPSA) is 0 Å². The van der Waals surface area contributed by atoms with Crippen LogP contribution in [-0.2, 0) is 10.8 Å². The van der Waals surface area contributed by atoms with E-state index < -0.39 is 7.53 Å². The Morgan fingerprint density at radius 3 is 1.52 bits per heavy atom. The van der Waals surface area contributed by atoms with Gasteiger partial charge >= 0.3 is 0 Å². The van der Waals surface area contributed by atoms with Crippen LogP contribution in [0.25, 0.3) is 103 Å². The van der Waals surface area contributed by atoms with Gasteiger partial charge in [-0.2, -0.15) is 0 Å². The molecule has 11 aromatic rings. The fourth-order valence-corrected chi connectivity index (χ4v) is 14.3. The molecule has 13 rings (SSSR count). The number of fused-ring (bicyclic) bond motifs is 11. The second-order valence-electron chi connectivity index (χ2n) is 18.8. The molecule has 1 unspecified atom stereocenters. The average Bonchev–Trinajstić information content (AvgIpc) is 3.87. The van der Waals surface area contributed by atoms with Crippen molar-refractivity contribution in [3.63, 3.8) is 0 Å². The van der Waals surface area contributed by atoms with Crippen molar-refractivity contribution in [2.45, 2.75) is 38.5 Å². The highest BCUT2D eigenvalue weighted by atomic mass is 31.1. The van der Waals surface area contributed by atoms with E-state index in [1.807, 2.05) is 0 Å². The third-order valence-electron chi connectivity index (χ3n) is 14.8. The Morgan fingerprint density at radius 2 is 0.762 bits per heavy atom. The van der Waals surface area contributed by atoms with Crippen molar-refractivity contribution < 1.29 is 0 Å². The summed E-state index contributed by atoms with van der Waals surface area (Å²) in [5.74, 6) is 0. The molecule has 0 saturated heterocycles. The summed E-state index contributed by atoms with van der Waals surface area (Å²) >= 11 is 0. The molecule has 0 saturated carbocycles. The highest BCUT2D eigenvalue weighted by molar-refractivity contribution is 7.67. The largest absolute Gasteiger partial charge is 0.0772 e. The van der Waals surface area contributed by atoms with E-state index in [1.165, 1.54) is 126 Å². The average molecular weight is 821 g/mol. The fraction of sp³-hybridized carbons (Fsp3) is 0.0968. The van der Waals surface area contributed by atoms with Gasteiger partial charge in [-0.25, -0.2) is 0 Å². The summed E-state index contributed by atoms with van der Waals surface area (Å²) in [6, 6.07) is 76.4. The molecule has 0 radical (unpaired) electrons. The molecule has 0 N–H and O–H groups in total. The first-order valence-corrected chi connectivity index (χ1v) is 23.7. The molecule has 0 aliphatic heterocycles. The van der Waals surface area contributed by atoms with Crippen molar-refractivity contribution in [3.8, 4) is 60.9 Å². The second-order valence-corrected chi connectivity index (χ2v) is 21.0. The lowest BCUT2D eigenvalue weighted by molar-refractivity contribution is 0.660. The molecule has 1 aromatic heterocycles. The molecular formula is C62H45P. The summed E-state index contributed by atoms with van der Waals surface area (Å²) in [5.41, 5.74) is 18.5. The smallest absolute Gasteiger partial charge is 0.0159 e. The van der Waals surface area contributed by atoms with Crippen LogP contribution in [0.3, 0.4) is 0 Å². The minimum atomic E-state index is -0.640. The Bertz CT molecular complexity index is 3730. The van der Waals surface area contributed by atoms with E-state index in [0.29, 0.717) is 0 Å². The van der Waals surface area contributed by atoms with Gasteiger partial charge in [0, 0.05) is 21.1 Å². The van der Waals surface area contributed by atoms with Crippen LogP contribution in [0.15, 0.2) is 200 Å². The van der Waals surface area contributed by atoms with E-state index in [9.17, 15) is 0 Å². The van der Waals surface area contributed by atoms with Crippen molar-refractivity contribution in [1.82, 2.24) is 0 Å². The van der Waals surface area contributed by atoms with Gasteiger partial charge < -0.3 is 0 Å². The van der Waals surface area contributed by atoms with Crippen LogP contribution >= 0.6 is 7.53 Å². The Hall–Kier alpha value is -6.98. The predicted molar refractivity (Wildman–Crippen MR) is 272 cm³/mol. The number of benzene rings is 10. The van der Waals surface area contributed by atoms with E-state index in [0.717, 1.165) is 0 Å². The first-order chi connectivity index (χ1) is 30.8. The van der Waals surface area contributed by atoms with E-state index in [2.05, 4.69) is 228 Å². The highest BCUT2D eigenvalue weighted by Gasteiger charge is 2.37. The lowest BCUT2D eigenvalue weighted by Gasteiger charge is -2.23. The lowest BCUT2D eigenvalue weighted by Crippen LogP contribution is -2.14. The summed E-state index contributed by atoms with van der Waals surface area (Å²) in [5, 5.41) is 12.1. The summed E-state index contributed by atoms with van der Waals surface area (Å²) in [4.78, 5) is 0. The third kappa shape index (κ3) is 5.17. The zero-order valence-electron chi connectivity index (χ0n) is 36.0. The maximum atomic E-state index is 2.50. The summed E-state index contributed by atoms with van der Waals surface area (Å²) < 4.78 is 0. The van der Waals surface area contributed by atoms with Crippen molar-refractivity contribution in [2.24, 2.45) is 0 Å². The number of hydrogen-bond acceptors (Lipinski definition) is 0. The molecule has 0 fully saturated rings. The zero-order chi connectivity index (χ0) is 42.2. The van der Waals surface area contributed by atoms with E-state index >= 15 is 0 Å². The Kier molecular flexibility index (Phi) is 7.72. The monoisotopic (exact) mass is 820 g/mol. The first kappa shape index (κ1) is 36.7. The minimum absolute atomic E-state index is 0.0559. The van der Waals surface area contributed by atoms with Gasteiger partial charge in [-0.3, -0.25) is 0 Å². The van der Waals surface area contributed by atoms with Crippen LogP contribution in [-0.4, -0.2) is 0 Å². The van der Waals surface area contributed by atoms with Crippen LogP contribution in [0.1, 0.15) is 49.9 Å². The molecule has 10 aromatic carbocycles. The zero-order valence-corrected chi connectivity index (χ0v) is 36.9. The standard InChI is InChI=1S/C62H45P/c1-61(2)54-24-14-11-19-44(54)50-35-40(28-32-55(50)61)60-48-22-9-8-21-47(48)59(41-29-33-58-51(36-41)46-20-12-15-25-57(46)63(58)42-16-6-5-7-17-42)49-31-27-38(34-52(49)60)39-26-30-45-43-18-10-13-23-53(43)62(3,4)56(45)37-39/h5-37H,1-4H3. The van der Waals surface area contributed by atoms with Gasteiger partial charge in [-0.15, -0.1) is 0 Å². The van der Waals surface area contributed by atoms with E-state index in [1.54, 1.807) is 0 Å². The molecule has 298 valence electrons. The summed E-state index contributed by atoms with van der Waals surface area (Å²) in [7, 11) is -0.640. The molecular weight excluding hydrogens is 776 g/mol. The van der Waals surface area contributed by atoms with Crippen molar-refractivity contribution in [3.05, 3.63) is 222 Å². The molecule has 2 aliphatic rings. The minimum Gasteiger partial charge on any atom is -0.0772 e. The van der Waals surface area contributed by atoms with Crippen LogP contribution < -0.4 is 0 Å². The maximum Gasteiger partial charge on any atom is 0.0159 e. The molecule has 1 heterocycles.